The summed E-state index contributed by atoms with van der Waals surface area (Å²) in [4.78, 5) is 5.26. The van der Waals surface area contributed by atoms with Crippen LogP contribution in [-0.4, -0.2) is 29.1 Å². The monoisotopic (exact) mass is 525 g/mol. The molecule has 2 rings (SSSR count). The van der Waals surface area contributed by atoms with E-state index in [2.05, 4.69) is 66.4 Å². The molecule has 0 N–H and O–H groups in total. The molecule has 38 heavy (non-hydrogen) atoms. The fraction of sp³-hybridized carbons (Fsp3) is 0.778. The molecule has 1 aliphatic rings. The molecular weight excluding hydrogens is 460 g/mol. The third kappa shape index (κ3) is 15.8. The summed E-state index contributed by atoms with van der Waals surface area (Å²) in [6.45, 7) is 7.02. The highest BCUT2D eigenvalue weighted by Crippen LogP contribution is 2.22. The normalized spacial score (nSPS) is 15.2. The molecule has 0 saturated heterocycles. The Morgan fingerprint density at radius 3 is 1.16 bits per heavy atom. The first-order valence-electron chi connectivity index (χ1n) is 17.1. The molecule has 1 aromatic rings. The minimum absolute atomic E-state index is 0.504. The number of hydrogen-bond acceptors (Lipinski definition) is 2. The maximum absolute atomic E-state index is 2.63. The maximum Gasteiger partial charge on any atom is 0.105 e. The van der Waals surface area contributed by atoms with Crippen molar-refractivity contribution in [2.75, 3.05) is 13.1 Å². The highest BCUT2D eigenvalue weighted by atomic mass is 15.4. The van der Waals surface area contributed by atoms with Crippen LogP contribution in [-0.2, 0) is 6.42 Å². The van der Waals surface area contributed by atoms with Crippen molar-refractivity contribution in [3.8, 4) is 0 Å². The molecule has 0 radical (unpaired) electrons. The summed E-state index contributed by atoms with van der Waals surface area (Å²) in [5.74, 6) is 0. The number of unbranched alkanes of at least 4 members (excludes halogenated alkanes) is 20. The van der Waals surface area contributed by atoms with Gasteiger partial charge in [-0.1, -0.05) is 173 Å². The number of benzene rings is 1. The molecule has 1 aromatic carbocycles. The molecule has 0 aliphatic carbocycles. The highest BCUT2D eigenvalue weighted by Gasteiger charge is 2.25. The molecule has 218 valence electrons. The van der Waals surface area contributed by atoms with Gasteiger partial charge in [-0.15, -0.1) is 0 Å². The molecule has 1 aliphatic heterocycles. The largest absolute Gasteiger partial charge is 0.356 e. The average Bonchev–Trinajstić information content (AvgIpc) is 3.31. The van der Waals surface area contributed by atoms with E-state index in [1.54, 1.807) is 0 Å². The van der Waals surface area contributed by atoms with Gasteiger partial charge in [0.05, 0.1) is 0 Å². The van der Waals surface area contributed by atoms with Crippen LogP contribution in [0.25, 0.3) is 0 Å². The maximum atomic E-state index is 2.63. The summed E-state index contributed by atoms with van der Waals surface area (Å²) in [7, 11) is 0. The van der Waals surface area contributed by atoms with Crippen molar-refractivity contribution in [2.45, 2.75) is 168 Å². The molecule has 0 bridgehead atoms. The quantitative estimate of drug-likeness (QED) is 0.111. The van der Waals surface area contributed by atoms with Crippen LogP contribution in [0.4, 0.5) is 0 Å². The van der Waals surface area contributed by atoms with Crippen molar-refractivity contribution >= 4 is 0 Å². The number of nitrogens with zero attached hydrogens (tertiary/aromatic N) is 2. The Bertz CT molecular complexity index is 655. The lowest BCUT2D eigenvalue weighted by Crippen LogP contribution is -2.41. The van der Waals surface area contributed by atoms with E-state index in [0.717, 1.165) is 6.42 Å². The summed E-state index contributed by atoms with van der Waals surface area (Å²) in [5.41, 5.74) is 1.46. The Hall–Kier alpha value is -1.44. The molecule has 1 heterocycles. The van der Waals surface area contributed by atoms with E-state index >= 15 is 0 Å². The van der Waals surface area contributed by atoms with E-state index in [0.29, 0.717) is 6.17 Å². The molecule has 0 saturated carbocycles. The second kappa shape index (κ2) is 23.4. The van der Waals surface area contributed by atoms with Crippen LogP contribution < -0.4 is 0 Å². The molecule has 2 heteroatoms. The lowest BCUT2D eigenvalue weighted by Gasteiger charge is -2.33. The van der Waals surface area contributed by atoms with Crippen LogP contribution >= 0.6 is 0 Å². The van der Waals surface area contributed by atoms with E-state index < -0.39 is 0 Å². The summed E-state index contributed by atoms with van der Waals surface area (Å²) in [5, 5.41) is 0. The van der Waals surface area contributed by atoms with Crippen LogP contribution in [0.1, 0.15) is 161 Å². The smallest absolute Gasteiger partial charge is 0.105 e. The number of rotatable bonds is 26. The summed E-state index contributed by atoms with van der Waals surface area (Å²) >= 11 is 0. The Balaban J connectivity index is 1.52. The molecule has 1 atom stereocenters. The zero-order chi connectivity index (χ0) is 26.9. The third-order valence-corrected chi connectivity index (χ3v) is 8.52. The zero-order valence-electron chi connectivity index (χ0n) is 25.7. The van der Waals surface area contributed by atoms with Crippen molar-refractivity contribution in [3.63, 3.8) is 0 Å². The lowest BCUT2D eigenvalue weighted by molar-refractivity contribution is 0.148. The van der Waals surface area contributed by atoms with Crippen molar-refractivity contribution < 1.29 is 0 Å². The third-order valence-electron chi connectivity index (χ3n) is 8.52. The second-order valence-corrected chi connectivity index (χ2v) is 12.0. The summed E-state index contributed by atoms with van der Waals surface area (Å²) in [6, 6.07) is 11.1. The fourth-order valence-corrected chi connectivity index (χ4v) is 5.98. The Kier molecular flexibility index (Phi) is 20.2. The van der Waals surface area contributed by atoms with Crippen molar-refractivity contribution in [1.29, 1.82) is 0 Å². The molecule has 0 spiro atoms. The van der Waals surface area contributed by atoms with E-state index in [-0.39, 0.29) is 0 Å². The van der Waals surface area contributed by atoms with Gasteiger partial charge in [0.1, 0.15) is 6.17 Å². The van der Waals surface area contributed by atoms with Gasteiger partial charge in [0, 0.05) is 31.9 Å². The van der Waals surface area contributed by atoms with Crippen LogP contribution in [0.15, 0.2) is 42.7 Å². The average molecular weight is 525 g/mol. The van der Waals surface area contributed by atoms with Crippen molar-refractivity contribution in [3.05, 3.63) is 48.3 Å². The zero-order valence-corrected chi connectivity index (χ0v) is 25.7. The minimum atomic E-state index is 0.504. The lowest BCUT2D eigenvalue weighted by atomic mass is 10.0. The predicted octanol–water partition coefficient (Wildman–Crippen LogP) is 11.3. The van der Waals surface area contributed by atoms with Crippen LogP contribution in [0.5, 0.6) is 0 Å². The Morgan fingerprint density at radius 2 is 0.789 bits per heavy atom. The summed E-state index contributed by atoms with van der Waals surface area (Å²) < 4.78 is 0. The van der Waals surface area contributed by atoms with Gasteiger partial charge in [-0.2, -0.15) is 0 Å². The van der Waals surface area contributed by atoms with E-state index in [1.165, 1.54) is 160 Å². The highest BCUT2D eigenvalue weighted by molar-refractivity contribution is 5.17. The number of hydrogen-bond donors (Lipinski definition) is 0. The molecule has 0 aromatic heterocycles. The van der Waals surface area contributed by atoms with Gasteiger partial charge >= 0.3 is 0 Å². The first kappa shape index (κ1) is 32.8. The summed E-state index contributed by atoms with van der Waals surface area (Å²) in [6.07, 6.45) is 37.6. The molecule has 1 unspecified atom stereocenters. The predicted molar refractivity (Wildman–Crippen MR) is 169 cm³/mol. The molecule has 0 amide bonds. The van der Waals surface area contributed by atoms with Crippen molar-refractivity contribution in [1.82, 2.24) is 9.80 Å². The van der Waals surface area contributed by atoms with E-state index in [1.807, 2.05) is 0 Å². The standard InChI is InChI=1S/C36H64N2/c1-3-5-7-9-11-12-13-14-15-16-17-18-19-20-22-27-31-38-33-32-37(30-26-21-10-8-6-4-2)36(38)34-35-28-24-23-25-29-35/h23-25,28-29,32-33,36H,3-22,26-27,30-31,34H2,1-2H3. The Labute approximate surface area is 238 Å². The van der Waals surface area contributed by atoms with Crippen molar-refractivity contribution in [2.24, 2.45) is 0 Å². The van der Waals surface area contributed by atoms with Gasteiger partial charge in [-0.25, -0.2) is 0 Å². The van der Waals surface area contributed by atoms with Crippen LogP contribution in [0.3, 0.4) is 0 Å². The van der Waals surface area contributed by atoms with Crippen LogP contribution in [0, 0.1) is 0 Å². The SMILES string of the molecule is CCCCCCCCCCCCCCCCCCN1C=CN(CCCCCCCC)C1Cc1ccccc1. The van der Waals surface area contributed by atoms with Gasteiger partial charge in [-0.3, -0.25) is 0 Å². The Morgan fingerprint density at radius 1 is 0.447 bits per heavy atom. The van der Waals surface area contributed by atoms with E-state index in [4.69, 9.17) is 0 Å². The molecule has 0 fully saturated rings. The first-order valence-corrected chi connectivity index (χ1v) is 17.1. The van der Waals surface area contributed by atoms with Gasteiger partial charge in [0.2, 0.25) is 0 Å². The van der Waals surface area contributed by atoms with Gasteiger partial charge in [0.15, 0.2) is 0 Å². The fourth-order valence-electron chi connectivity index (χ4n) is 5.98. The minimum Gasteiger partial charge on any atom is -0.356 e. The van der Waals surface area contributed by atoms with E-state index in [9.17, 15) is 0 Å². The first-order chi connectivity index (χ1) is 18.8. The topological polar surface area (TPSA) is 6.48 Å². The molecule has 2 nitrogen and oxygen atoms in total. The van der Waals surface area contributed by atoms with Gasteiger partial charge in [-0.05, 0) is 18.4 Å². The van der Waals surface area contributed by atoms with Crippen LogP contribution in [0.2, 0.25) is 0 Å². The van der Waals surface area contributed by atoms with Gasteiger partial charge in [0.25, 0.3) is 0 Å². The van der Waals surface area contributed by atoms with Gasteiger partial charge < -0.3 is 9.80 Å². The molecular formula is C36H64N2. The second-order valence-electron chi connectivity index (χ2n) is 12.0.